The molecule has 2 amide bonds. The van der Waals surface area contributed by atoms with Crippen molar-refractivity contribution in [3.05, 3.63) is 51.5 Å². The number of aromatic nitrogens is 1. The van der Waals surface area contributed by atoms with Crippen LogP contribution < -0.4 is 10.6 Å². The Morgan fingerprint density at radius 2 is 1.92 bits per heavy atom. The first-order chi connectivity index (χ1) is 11.3. The molecule has 1 aromatic carbocycles. The molecule has 24 heavy (non-hydrogen) atoms. The number of carbonyl (C=O) groups excluding carboxylic acids is 1. The molecular formula is C18H25N3O2S. The number of amides is 2. The molecule has 0 saturated carbocycles. The average molecular weight is 347 g/mol. The van der Waals surface area contributed by atoms with E-state index in [4.69, 9.17) is 0 Å². The number of aliphatic hydroxyl groups is 1. The van der Waals surface area contributed by atoms with E-state index in [1.165, 1.54) is 5.56 Å². The smallest absolute Gasteiger partial charge is 0.315 e. The molecule has 5 nitrogen and oxygen atoms in total. The summed E-state index contributed by atoms with van der Waals surface area (Å²) in [7, 11) is 0. The summed E-state index contributed by atoms with van der Waals surface area (Å²) in [6, 6.07) is 7.53. The second kappa shape index (κ2) is 7.77. The van der Waals surface area contributed by atoms with Gasteiger partial charge in [0.25, 0.3) is 0 Å². The number of hydrogen-bond acceptors (Lipinski definition) is 4. The Morgan fingerprint density at radius 3 is 2.46 bits per heavy atom. The lowest BCUT2D eigenvalue weighted by Gasteiger charge is -2.20. The Balaban J connectivity index is 1.79. The lowest BCUT2D eigenvalue weighted by atomic mass is 9.86. The number of hydrogen-bond donors (Lipinski definition) is 3. The Labute approximate surface area is 147 Å². The van der Waals surface area contributed by atoms with Crippen LogP contribution in [0.1, 0.15) is 47.9 Å². The van der Waals surface area contributed by atoms with Crippen LogP contribution >= 0.6 is 11.3 Å². The van der Waals surface area contributed by atoms with E-state index in [-0.39, 0.29) is 18.0 Å². The van der Waals surface area contributed by atoms with Crippen molar-refractivity contribution in [1.29, 1.82) is 0 Å². The van der Waals surface area contributed by atoms with Crippen LogP contribution in [0.25, 0.3) is 0 Å². The van der Waals surface area contributed by atoms with Crippen molar-refractivity contribution in [1.82, 2.24) is 15.6 Å². The monoisotopic (exact) mass is 347 g/mol. The van der Waals surface area contributed by atoms with Gasteiger partial charge in [0.2, 0.25) is 0 Å². The van der Waals surface area contributed by atoms with Crippen LogP contribution in [0.4, 0.5) is 4.79 Å². The second-order valence-corrected chi connectivity index (χ2v) is 8.14. The van der Waals surface area contributed by atoms with Gasteiger partial charge in [0.15, 0.2) is 0 Å². The van der Waals surface area contributed by atoms with Crippen molar-refractivity contribution >= 4 is 17.4 Å². The predicted molar refractivity (Wildman–Crippen MR) is 97.2 cm³/mol. The Morgan fingerprint density at radius 1 is 1.25 bits per heavy atom. The number of benzene rings is 1. The van der Waals surface area contributed by atoms with Crippen LogP contribution in [-0.2, 0) is 12.0 Å². The highest BCUT2D eigenvalue weighted by atomic mass is 32.1. The van der Waals surface area contributed by atoms with Crippen LogP contribution in [0.3, 0.4) is 0 Å². The predicted octanol–water partition coefficient (Wildman–Crippen LogP) is 3.28. The first-order valence-corrected chi connectivity index (χ1v) is 8.79. The summed E-state index contributed by atoms with van der Waals surface area (Å²) >= 11 is 1.55. The van der Waals surface area contributed by atoms with Gasteiger partial charge < -0.3 is 15.7 Å². The highest BCUT2D eigenvalue weighted by Gasteiger charge is 2.15. The Bertz CT molecular complexity index is 674. The van der Waals surface area contributed by atoms with Gasteiger partial charge in [0, 0.05) is 17.6 Å². The van der Waals surface area contributed by atoms with Crippen LogP contribution in [0, 0.1) is 6.92 Å². The summed E-state index contributed by atoms with van der Waals surface area (Å²) in [6.07, 6.45) is 1.05. The quantitative estimate of drug-likeness (QED) is 0.777. The van der Waals surface area contributed by atoms with Gasteiger partial charge in [-0.15, -0.1) is 11.3 Å². The zero-order valence-electron chi connectivity index (χ0n) is 14.6. The number of nitrogens with one attached hydrogen (secondary N) is 2. The third-order valence-electron chi connectivity index (χ3n) is 3.69. The zero-order chi connectivity index (χ0) is 17.7. The molecule has 0 bridgehead atoms. The number of nitrogens with zero attached hydrogens (tertiary/aromatic N) is 1. The Kier molecular flexibility index (Phi) is 5.96. The molecule has 0 saturated heterocycles. The molecule has 2 aromatic rings. The zero-order valence-corrected chi connectivity index (χ0v) is 15.4. The van der Waals surface area contributed by atoms with Crippen LogP contribution in [0.5, 0.6) is 0 Å². The second-order valence-electron chi connectivity index (χ2n) is 6.82. The molecular weight excluding hydrogens is 322 g/mol. The molecule has 0 aliphatic heterocycles. The van der Waals surface area contributed by atoms with E-state index in [0.717, 1.165) is 15.4 Å². The van der Waals surface area contributed by atoms with Gasteiger partial charge in [-0.1, -0.05) is 45.0 Å². The fourth-order valence-corrected chi connectivity index (χ4v) is 2.94. The largest absolute Gasteiger partial charge is 0.387 e. The van der Waals surface area contributed by atoms with Gasteiger partial charge in [0.1, 0.15) is 5.01 Å². The minimum Gasteiger partial charge on any atom is -0.387 e. The minimum atomic E-state index is -0.730. The normalized spacial score (nSPS) is 12.7. The summed E-state index contributed by atoms with van der Waals surface area (Å²) in [6.45, 7) is 8.97. The SMILES string of the molecule is Cc1cnc(CNC(=O)NCC(O)c2ccc(C(C)(C)C)cc2)s1. The molecule has 0 aliphatic carbocycles. The standard InChI is InChI=1S/C18H25N3O2S/c1-12-9-19-16(24-12)11-21-17(23)20-10-15(22)13-5-7-14(8-6-13)18(2,3)4/h5-9,15,22H,10-11H2,1-4H3,(H2,20,21,23). The summed E-state index contributed by atoms with van der Waals surface area (Å²) in [5, 5.41) is 16.5. The summed E-state index contributed by atoms with van der Waals surface area (Å²) < 4.78 is 0. The molecule has 1 heterocycles. The number of aryl methyl sites for hydroxylation is 1. The minimum absolute atomic E-state index is 0.0792. The van der Waals surface area contributed by atoms with E-state index >= 15 is 0 Å². The maximum atomic E-state index is 11.8. The fourth-order valence-electron chi connectivity index (χ4n) is 2.21. The third kappa shape index (κ3) is 5.32. The molecule has 0 radical (unpaired) electrons. The molecule has 130 valence electrons. The van der Waals surface area contributed by atoms with E-state index in [1.54, 1.807) is 17.5 Å². The van der Waals surface area contributed by atoms with Crippen LogP contribution in [-0.4, -0.2) is 22.7 Å². The number of aliphatic hydroxyl groups excluding tert-OH is 1. The van der Waals surface area contributed by atoms with E-state index in [0.29, 0.717) is 6.54 Å². The number of thiazole rings is 1. The number of rotatable bonds is 5. The van der Waals surface area contributed by atoms with E-state index in [9.17, 15) is 9.90 Å². The average Bonchev–Trinajstić information content (AvgIpc) is 2.95. The molecule has 6 heteroatoms. The fraction of sp³-hybridized carbons (Fsp3) is 0.444. The van der Waals surface area contributed by atoms with Gasteiger partial charge in [0.05, 0.1) is 12.6 Å². The van der Waals surface area contributed by atoms with Crippen LogP contribution in [0.2, 0.25) is 0 Å². The summed E-state index contributed by atoms with van der Waals surface area (Å²) in [5.74, 6) is 0. The van der Waals surface area contributed by atoms with Crippen molar-refractivity contribution in [2.75, 3.05) is 6.54 Å². The number of carbonyl (C=O) groups is 1. The molecule has 1 unspecified atom stereocenters. The van der Waals surface area contributed by atoms with Gasteiger partial charge in [-0.05, 0) is 23.5 Å². The van der Waals surface area contributed by atoms with Crippen molar-refractivity contribution < 1.29 is 9.90 Å². The maximum absolute atomic E-state index is 11.8. The third-order valence-corrected chi connectivity index (χ3v) is 4.60. The maximum Gasteiger partial charge on any atom is 0.315 e. The first-order valence-electron chi connectivity index (χ1n) is 7.97. The van der Waals surface area contributed by atoms with Gasteiger partial charge in [-0.2, -0.15) is 0 Å². The summed E-state index contributed by atoms with van der Waals surface area (Å²) in [4.78, 5) is 17.1. The van der Waals surface area contributed by atoms with Crippen molar-refractivity contribution in [2.45, 2.75) is 45.8 Å². The van der Waals surface area contributed by atoms with Gasteiger partial charge in [-0.3, -0.25) is 0 Å². The number of urea groups is 1. The molecule has 0 aliphatic rings. The lowest BCUT2D eigenvalue weighted by Crippen LogP contribution is -2.37. The Hall–Kier alpha value is -1.92. The molecule has 0 spiro atoms. The highest BCUT2D eigenvalue weighted by Crippen LogP contribution is 2.23. The van der Waals surface area contributed by atoms with E-state index < -0.39 is 6.10 Å². The summed E-state index contributed by atoms with van der Waals surface area (Å²) in [5.41, 5.74) is 2.08. The molecule has 2 rings (SSSR count). The van der Waals surface area contributed by atoms with Gasteiger partial charge in [-0.25, -0.2) is 9.78 Å². The topological polar surface area (TPSA) is 74.2 Å². The molecule has 0 fully saturated rings. The van der Waals surface area contributed by atoms with E-state index in [1.807, 2.05) is 31.2 Å². The molecule has 1 atom stereocenters. The van der Waals surface area contributed by atoms with Gasteiger partial charge >= 0.3 is 6.03 Å². The first kappa shape index (κ1) is 18.4. The van der Waals surface area contributed by atoms with E-state index in [2.05, 4.69) is 36.4 Å². The highest BCUT2D eigenvalue weighted by molar-refractivity contribution is 7.11. The molecule has 3 N–H and O–H groups in total. The van der Waals surface area contributed by atoms with Crippen molar-refractivity contribution in [2.24, 2.45) is 0 Å². The molecule has 1 aromatic heterocycles. The van der Waals surface area contributed by atoms with Crippen molar-refractivity contribution in [3.8, 4) is 0 Å². The van der Waals surface area contributed by atoms with Crippen molar-refractivity contribution in [3.63, 3.8) is 0 Å². The van der Waals surface area contributed by atoms with Crippen LogP contribution in [0.15, 0.2) is 30.5 Å². The lowest BCUT2D eigenvalue weighted by molar-refractivity contribution is 0.173.